The quantitative estimate of drug-likeness (QED) is 0.0787. The number of piperidine rings is 1. The van der Waals surface area contributed by atoms with E-state index in [0.717, 1.165) is 97.7 Å². The number of hydrogen-bond acceptors (Lipinski definition) is 10. The third kappa shape index (κ3) is 15.1. The summed E-state index contributed by atoms with van der Waals surface area (Å²) in [6.45, 7) is 37.8. The minimum absolute atomic E-state index is 0.0338. The third-order valence-corrected chi connectivity index (χ3v) is 12.9. The van der Waals surface area contributed by atoms with Gasteiger partial charge in [0, 0.05) is 68.0 Å². The molecule has 3 aliphatic heterocycles. The van der Waals surface area contributed by atoms with Gasteiger partial charge in [-0.05, 0) is 152 Å². The van der Waals surface area contributed by atoms with E-state index >= 15 is 0 Å². The standard InChI is InChI=1S/C48H65N7O2.C7H13NO.C2H6/c1-9-24-52(42-17-13-34(2)35(3)31-42)25-11-10-12-38-21-26-53(27-22-38)41-18-15-40(16-19-41)50-45-20-14-39-23-28-54(33-43(39)51-45)44-32-49-47-46(36(44)4)55(29-30-56-47)37(5)57-48(6,7)8;1-4-5-6(2)8-7(3)9;1-2/h13-20,31-32,38H,5,9-12,21-30,33H2,1-4,6-8H3,(H,50,51);2,4-5H2,1,3H3,(H,8,9);1-2H3. The fourth-order valence-corrected chi connectivity index (χ4v) is 9.28. The Bertz CT molecular complexity index is 2260. The fourth-order valence-electron chi connectivity index (χ4n) is 9.28. The van der Waals surface area contributed by atoms with Crippen molar-refractivity contribution in [1.82, 2.24) is 15.3 Å². The van der Waals surface area contributed by atoms with Crippen LogP contribution in [0.2, 0.25) is 0 Å². The van der Waals surface area contributed by atoms with Gasteiger partial charge in [-0.25, -0.2) is 9.97 Å². The molecular formula is C57H84N8O3. The molecule has 2 aromatic heterocycles. The molecule has 68 heavy (non-hydrogen) atoms. The predicted molar refractivity (Wildman–Crippen MR) is 287 cm³/mol. The fraction of sp³-hybridized carbons (Fsp3) is 0.526. The van der Waals surface area contributed by atoms with Crippen LogP contribution in [-0.4, -0.2) is 67.4 Å². The van der Waals surface area contributed by atoms with E-state index in [9.17, 15) is 4.79 Å². The normalized spacial score (nSPS) is 14.5. The highest BCUT2D eigenvalue weighted by atomic mass is 16.5. The van der Waals surface area contributed by atoms with Gasteiger partial charge in [-0.15, -0.1) is 0 Å². The number of carbonyl (C=O) groups is 1. The van der Waals surface area contributed by atoms with Gasteiger partial charge in [-0.3, -0.25) is 4.79 Å². The number of benzene rings is 2. The Balaban J connectivity index is 0.000000705. The van der Waals surface area contributed by atoms with Crippen LogP contribution in [0.1, 0.15) is 135 Å². The number of rotatable bonds is 17. The molecule has 7 rings (SSSR count). The molecule has 2 aromatic carbocycles. The summed E-state index contributed by atoms with van der Waals surface area (Å²) in [6, 6.07) is 20.2. The summed E-state index contributed by atoms with van der Waals surface area (Å²) in [5.41, 5.74) is 12.5. The molecule has 0 saturated carbocycles. The van der Waals surface area contributed by atoms with Crippen molar-refractivity contribution in [2.24, 2.45) is 5.92 Å². The average molecular weight is 929 g/mol. The van der Waals surface area contributed by atoms with E-state index in [2.05, 4.69) is 126 Å². The summed E-state index contributed by atoms with van der Waals surface area (Å²) in [5.74, 6) is 2.91. The summed E-state index contributed by atoms with van der Waals surface area (Å²) >= 11 is 0. The zero-order valence-electron chi connectivity index (χ0n) is 43.7. The molecule has 2 N–H and O–H groups in total. The van der Waals surface area contributed by atoms with Crippen molar-refractivity contribution in [2.45, 2.75) is 146 Å². The number of unbranched alkanes of at least 4 members (excludes halogenated alkanes) is 1. The van der Waals surface area contributed by atoms with Crippen LogP contribution >= 0.6 is 0 Å². The maximum atomic E-state index is 10.4. The lowest BCUT2D eigenvalue weighted by Crippen LogP contribution is -2.37. The largest absolute Gasteiger partial charge is 0.474 e. The minimum atomic E-state index is -0.346. The van der Waals surface area contributed by atoms with E-state index in [0.29, 0.717) is 31.5 Å². The lowest BCUT2D eigenvalue weighted by atomic mass is 9.91. The van der Waals surface area contributed by atoms with Gasteiger partial charge >= 0.3 is 0 Å². The number of fused-ring (bicyclic) bond motifs is 2. The molecule has 5 heterocycles. The van der Waals surface area contributed by atoms with Gasteiger partial charge < -0.3 is 39.7 Å². The van der Waals surface area contributed by atoms with Crippen molar-refractivity contribution >= 4 is 40.2 Å². The van der Waals surface area contributed by atoms with E-state index in [-0.39, 0.29) is 11.5 Å². The second kappa shape index (κ2) is 25.6. The number of allylic oxidation sites excluding steroid dienone is 1. The lowest BCUT2D eigenvalue weighted by Gasteiger charge is -2.37. The molecular weight excluding hydrogens is 845 g/mol. The van der Waals surface area contributed by atoms with Gasteiger partial charge in [0.1, 0.15) is 23.7 Å². The highest BCUT2D eigenvalue weighted by Gasteiger charge is 2.30. The van der Waals surface area contributed by atoms with E-state index < -0.39 is 0 Å². The average Bonchev–Trinajstić information content (AvgIpc) is 3.31. The van der Waals surface area contributed by atoms with Gasteiger partial charge in [0.25, 0.3) is 0 Å². The Hall–Kier alpha value is -5.71. The first kappa shape index (κ1) is 53.2. The van der Waals surface area contributed by atoms with Crippen LogP contribution in [0.5, 0.6) is 5.88 Å². The van der Waals surface area contributed by atoms with Crippen LogP contribution in [0.3, 0.4) is 0 Å². The first-order valence-electron chi connectivity index (χ1n) is 25.5. The first-order chi connectivity index (χ1) is 32.6. The maximum Gasteiger partial charge on any atom is 0.238 e. The Morgan fingerprint density at radius 2 is 1.63 bits per heavy atom. The number of anilines is 6. The monoisotopic (exact) mass is 929 g/mol. The number of amides is 1. The molecule has 4 aromatic rings. The Morgan fingerprint density at radius 3 is 2.29 bits per heavy atom. The molecule has 1 amide bonds. The molecule has 1 saturated heterocycles. The van der Waals surface area contributed by atoms with Crippen molar-refractivity contribution in [2.75, 3.05) is 70.8 Å². The second-order valence-corrected chi connectivity index (χ2v) is 19.4. The van der Waals surface area contributed by atoms with E-state index in [1.807, 2.05) is 47.7 Å². The van der Waals surface area contributed by atoms with Crippen molar-refractivity contribution in [3.05, 3.63) is 113 Å². The number of pyridine rings is 2. The van der Waals surface area contributed by atoms with Crippen LogP contribution < -0.4 is 35.0 Å². The number of nitrogens with zero attached hydrogens (tertiary/aromatic N) is 6. The van der Waals surface area contributed by atoms with Crippen LogP contribution in [-0.2, 0) is 22.5 Å². The van der Waals surface area contributed by atoms with E-state index in [4.69, 9.17) is 19.4 Å². The zero-order valence-corrected chi connectivity index (χ0v) is 43.7. The molecule has 0 unspecified atom stereocenters. The molecule has 3 aliphatic rings. The SMILES string of the molecule is C=C(CCC)NC(C)=O.C=C(OC(C)(C)C)N1CCOc2ncc(N3CCc4ccc(Nc5ccc(N6CCC(CCCCN(CCC)c7ccc(C)c(C)c7)CC6)cc5)nc4C3)c(C)c21.CC. The van der Waals surface area contributed by atoms with E-state index in [1.54, 1.807) is 0 Å². The molecule has 0 atom stereocenters. The third-order valence-electron chi connectivity index (χ3n) is 12.9. The van der Waals surface area contributed by atoms with Crippen LogP contribution in [0.15, 0.2) is 85.5 Å². The summed E-state index contributed by atoms with van der Waals surface area (Å²) in [7, 11) is 0. The van der Waals surface area contributed by atoms with Crippen LogP contribution in [0, 0.1) is 26.7 Å². The molecule has 0 aliphatic carbocycles. The number of aromatic nitrogens is 2. The Kier molecular flexibility index (Phi) is 20.0. The van der Waals surface area contributed by atoms with Crippen molar-refractivity contribution < 1.29 is 14.3 Å². The van der Waals surface area contributed by atoms with Gasteiger partial charge in [-0.2, -0.15) is 0 Å². The number of hydrogen-bond donors (Lipinski definition) is 2. The number of ether oxygens (including phenoxy) is 2. The highest BCUT2D eigenvalue weighted by molar-refractivity contribution is 5.75. The summed E-state index contributed by atoms with van der Waals surface area (Å²) in [5, 5.41) is 6.19. The van der Waals surface area contributed by atoms with E-state index in [1.165, 1.54) is 73.5 Å². The van der Waals surface area contributed by atoms with Crippen LogP contribution in [0.4, 0.5) is 34.3 Å². The molecule has 11 nitrogen and oxygen atoms in total. The van der Waals surface area contributed by atoms with Gasteiger partial charge in [-0.1, -0.05) is 65.7 Å². The molecule has 0 spiro atoms. The number of aryl methyl sites for hydroxylation is 2. The Morgan fingerprint density at radius 1 is 0.897 bits per heavy atom. The first-order valence-corrected chi connectivity index (χ1v) is 25.5. The zero-order chi connectivity index (χ0) is 49.4. The highest BCUT2D eigenvalue weighted by Crippen LogP contribution is 2.41. The summed E-state index contributed by atoms with van der Waals surface area (Å²) in [4.78, 5) is 29.9. The minimum Gasteiger partial charge on any atom is -0.474 e. The van der Waals surface area contributed by atoms with Crippen molar-refractivity contribution in [1.29, 1.82) is 0 Å². The summed E-state index contributed by atoms with van der Waals surface area (Å²) < 4.78 is 12.2. The summed E-state index contributed by atoms with van der Waals surface area (Å²) in [6.07, 6.45) is 12.4. The molecule has 0 bridgehead atoms. The predicted octanol–water partition coefficient (Wildman–Crippen LogP) is 13.0. The molecule has 0 radical (unpaired) electrons. The number of nitrogens with one attached hydrogen (secondary N) is 2. The Labute approximate surface area is 410 Å². The smallest absolute Gasteiger partial charge is 0.238 e. The van der Waals surface area contributed by atoms with Gasteiger partial charge in [0.2, 0.25) is 11.8 Å². The maximum absolute atomic E-state index is 10.4. The van der Waals surface area contributed by atoms with Crippen molar-refractivity contribution in [3.8, 4) is 5.88 Å². The molecule has 11 heteroatoms. The van der Waals surface area contributed by atoms with Gasteiger partial charge in [0.05, 0.1) is 30.7 Å². The van der Waals surface area contributed by atoms with Gasteiger partial charge in [0.15, 0.2) is 5.88 Å². The van der Waals surface area contributed by atoms with Crippen molar-refractivity contribution in [3.63, 3.8) is 0 Å². The topological polar surface area (TPSA) is 98.3 Å². The number of carbonyl (C=O) groups excluding carboxylic acids is 1. The van der Waals surface area contributed by atoms with Crippen LogP contribution in [0.25, 0.3) is 0 Å². The molecule has 1 fully saturated rings. The second-order valence-electron chi connectivity index (χ2n) is 19.4. The molecule has 370 valence electrons. The lowest BCUT2D eigenvalue weighted by molar-refractivity contribution is -0.118.